The number of carbonyl (C=O) groups excluding carboxylic acids is 1. The van der Waals surface area contributed by atoms with Gasteiger partial charge in [0.1, 0.15) is 12.4 Å². The van der Waals surface area contributed by atoms with Gasteiger partial charge in [-0.05, 0) is 18.4 Å². The van der Waals surface area contributed by atoms with Gasteiger partial charge < -0.3 is 15.2 Å². The number of ether oxygens (including phenoxy) is 1. The van der Waals surface area contributed by atoms with E-state index in [2.05, 4.69) is 19.2 Å². The van der Waals surface area contributed by atoms with Crippen molar-refractivity contribution in [2.24, 2.45) is 5.92 Å². The summed E-state index contributed by atoms with van der Waals surface area (Å²) >= 11 is 0. The largest absolute Gasteiger partial charge is 0.491 e. The number of hydrogen-bond donors (Lipinski definition) is 2. The zero-order valence-electron chi connectivity index (χ0n) is 11.7. The molecule has 0 aliphatic heterocycles. The van der Waals surface area contributed by atoms with E-state index in [-0.39, 0.29) is 19.1 Å². The predicted octanol–water partition coefficient (Wildman–Crippen LogP) is 2.11. The first-order chi connectivity index (χ1) is 9.13. The Hall–Kier alpha value is -1.55. The van der Waals surface area contributed by atoms with Gasteiger partial charge in [0, 0.05) is 18.5 Å². The van der Waals surface area contributed by atoms with Gasteiger partial charge in [-0.1, -0.05) is 32.0 Å². The molecule has 0 aliphatic carbocycles. The van der Waals surface area contributed by atoms with Crippen molar-refractivity contribution in [1.82, 2.24) is 5.32 Å². The Kier molecular flexibility index (Phi) is 6.97. The molecule has 0 saturated heterocycles. The van der Waals surface area contributed by atoms with Gasteiger partial charge in [0.25, 0.3) is 0 Å². The molecule has 106 valence electrons. The van der Waals surface area contributed by atoms with Gasteiger partial charge >= 0.3 is 0 Å². The molecule has 2 N–H and O–H groups in total. The van der Waals surface area contributed by atoms with Crippen LogP contribution in [-0.4, -0.2) is 24.2 Å². The number of aliphatic hydroxyl groups is 1. The highest BCUT2D eigenvalue weighted by molar-refractivity contribution is 5.75. The van der Waals surface area contributed by atoms with Crippen LogP contribution in [0.4, 0.5) is 0 Å². The standard InChI is InChI=1S/C15H23NO3/c1-12(2)7-8-15(18)16-11-13-5-3-4-6-14(13)19-10-9-17/h3-6,12,17H,7-11H2,1-2H3,(H,16,18). The molecule has 0 atom stereocenters. The number of amides is 1. The molecule has 0 aromatic heterocycles. The van der Waals surface area contributed by atoms with Crippen LogP contribution in [-0.2, 0) is 11.3 Å². The lowest BCUT2D eigenvalue weighted by Crippen LogP contribution is -2.23. The van der Waals surface area contributed by atoms with E-state index in [0.29, 0.717) is 24.6 Å². The minimum atomic E-state index is -0.0188. The molecule has 0 heterocycles. The molecule has 0 radical (unpaired) electrons. The summed E-state index contributed by atoms with van der Waals surface area (Å²) in [6.45, 7) is 4.91. The summed E-state index contributed by atoms with van der Waals surface area (Å²) in [5.74, 6) is 1.30. The fourth-order valence-corrected chi connectivity index (χ4v) is 1.65. The van der Waals surface area contributed by atoms with Gasteiger partial charge in [-0.25, -0.2) is 0 Å². The molecule has 4 nitrogen and oxygen atoms in total. The van der Waals surface area contributed by atoms with E-state index in [0.717, 1.165) is 12.0 Å². The lowest BCUT2D eigenvalue weighted by Gasteiger charge is -2.11. The Morgan fingerprint density at radius 2 is 2.11 bits per heavy atom. The molecule has 0 spiro atoms. The molecule has 19 heavy (non-hydrogen) atoms. The normalized spacial score (nSPS) is 10.5. The molecule has 0 saturated carbocycles. The van der Waals surface area contributed by atoms with Crippen LogP contribution in [0.3, 0.4) is 0 Å². The highest BCUT2D eigenvalue weighted by Gasteiger charge is 2.06. The molecule has 4 heteroatoms. The van der Waals surface area contributed by atoms with Crippen LogP contribution < -0.4 is 10.1 Å². The fraction of sp³-hybridized carbons (Fsp3) is 0.533. The predicted molar refractivity (Wildman–Crippen MR) is 74.9 cm³/mol. The molecular formula is C15H23NO3. The van der Waals surface area contributed by atoms with E-state index >= 15 is 0 Å². The van der Waals surface area contributed by atoms with Crippen LogP contribution in [0.2, 0.25) is 0 Å². The van der Waals surface area contributed by atoms with Gasteiger partial charge in [-0.3, -0.25) is 4.79 Å². The van der Waals surface area contributed by atoms with Crippen molar-refractivity contribution in [2.45, 2.75) is 33.2 Å². The maximum atomic E-state index is 11.7. The average molecular weight is 265 g/mol. The smallest absolute Gasteiger partial charge is 0.220 e. The van der Waals surface area contributed by atoms with Gasteiger partial charge in [-0.15, -0.1) is 0 Å². The number of carbonyl (C=O) groups is 1. The van der Waals surface area contributed by atoms with Crippen molar-refractivity contribution < 1.29 is 14.6 Å². The fourth-order valence-electron chi connectivity index (χ4n) is 1.65. The average Bonchev–Trinajstić information content (AvgIpc) is 2.41. The van der Waals surface area contributed by atoms with Crippen molar-refractivity contribution in [3.63, 3.8) is 0 Å². The Balaban J connectivity index is 2.45. The number of nitrogens with one attached hydrogen (secondary N) is 1. The maximum absolute atomic E-state index is 11.7. The molecular weight excluding hydrogens is 242 g/mol. The molecule has 0 fully saturated rings. The van der Waals surface area contributed by atoms with E-state index in [9.17, 15) is 4.79 Å². The van der Waals surface area contributed by atoms with Gasteiger partial charge in [-0.2, -0.15) is 0 Å². The van der Waals surface area contributed by atoms with Crippen molar-refractivity contribution in [2.75, 3.05) is 13.2 Å². The zero-order chi connectivity index (χ0) is 14.1. The van der Waals surface area contributed by atoms with E-state index < -0.39 is 0 Å². The van der Waals surface area contributed by atoms with Crippen molar-refractivity contribution in [3.8, 4) is 5.75 Å². The van der Waals surface area contributed by atoms with E-state index in [1.54, 1.807) is 0 Å². The van der Waals surface area contributed by atoms with E-state index in [4.69, 9.17) is 9.84 Å². The summed E-state index contributed by atoms with van der Waals surface area (Å²) in [5, 5.41) is 11.7. The second-order valence-corrected chi connectivity index (χ2v) is 4.89. The van der Waals surface area contributed by atoms with Gasteiger partial charge in [0.05, 0.1) is 6.61 Å². The third kappa shape index (κ3) is 6.25. The number of aliphatic hydroxyl groups excluding tert-OH is 1. The SMILES string of the molecule is CC(C)CCC(=O)NCc1ccccc1OCCO. The molecule has 0 unspecified atom stereocenters. The second kappa shape index (κ2) is 8.53. The summed E-state index contributed by atoms with van der Waals surface area (Å²) in [5.41, 5.74) is 0.925. The minimum Gasteiger partial charge on any atom is -0.491 e. The summed E-state index contributed by atoms with van der Waals surface area (Å²) in [4.78, 5) is 11.7. The Bertz CT molecular complexity index is 391. The highest BCUT2D eigenvalue weighted by Crippen LogP contribution is 2.17. The van der Waals surface area contributed by atoms with E-state index in [1.807, 2.05) is 24.3 Å². The number of rotatable bonds is 8. The lowest BCUT2D eigenvalue weighted by atomic mass is 10.1. The topological polar surface area (TPSA) is 58.6 Å². The van der Waals surface area contributed by atoms with Crippen molar-refractivity contribution in [1.29, 1.82) is 0 Å². The summed E-state index contributed by atoms with van der Waals surface area (Å²) in [7, 11) is 0. The summed E-state index contributed by atoms with van der Waals surface area (Å²) in [6, 6.07) is 7.53. The van der Waals surface area contributed by atoms with Crippen LogP contribution in [0.5, 0.6) is 5.75 Å². The molecule has 0 bridgehead atoms. The first kappa shape index (κ1) is 15.5. The molecule has 1 aromatic rings. The van der Waals surface area contributed by atoms with Crippen LogP contribution in [0.15, 0.2) is 24.3 Å². The quantitative estimate of drug-likeness (QED) is 0.757. The second-order valence-electron chi connectivity index (χ2n) is 4.89. The van der Waals surface area contributed by atoms with Crippen LogP contribution in [0, 0.1) is 5.92 Å². The Morgan fingerprint density at radius 1 is 1.37 bits per heavy atom. The first-order valence-corrected chi connectivity index (χ1v) is 6.71. The van der Waals surface area contributed by atoms with Crippen LogP contribution in [0.1, 0.15) is 32.3 Å². The molecule has 1 rings (SSSR count). The Labute approximate surface area is 114 Å². The van der Waals surface area contributed by atoms with Gasteiger partial charge in [0.15, 0.2) is 0 Å². The molecule has 1 aromatic carbocycles. The number of para-hydroxylation sites is 1. The van der Waals surface area contributed by atoms with Gasteiger partial charge in [0.2, 0.25) is 5.91 Å². The summed E-state index contributed by atoms with van der Waals surface area (Å²) < 4.78 is 5.42. The maximum Gasteiger partial charge on any atom is 0.220 e. The van der Waals surface area contributed by atoms with E-state index in [1.165, 1.54) is 0 Å². The molecule has 0 aliphatic rings. The van der Waals surface area contributed by atoms with Crippen molar-refractivity contribution >= 4 is 5.91 Å². The Morgan fingerprint density at radius 3 is 2.79 bits per heavy atom. The third-order valence-corrected chi connectivity index (χ3v) is 2.75. The summed E-state index contributed by atoms with van der Waals surface area (Å²) in [6.07, 6.45) is 1.45. The van der Waals surface area contributed by atoms with Crippen LogP contribution in [0.25, 0.3) is 0 Å². The number of hydrogen-bond acceptors (Lipinski definition) is 3. The highest BCUT2D eigenvalue weighted by atomic mass is 16.5. The first-order valence-electron chi connectivity index (χ1n) is 6.71. The van der Waals surface area contributed by atoms with Crippen molar-refractivity contribution in [3.05, 3.63) is 29.8 Å². The van der Waals surface area contributed by atoms with Crippen LogP contribution >= 0.6 is 0 Å². The molecule has 1 amide bonds. The lowest BCUT2D eigenvalue weighted by molar-refractivity contribution is -0.121. The monoisotopic (exact) mass is 265 g/mol. The number of benzene rings is 1. The minimum absolute atomic E-state index is 0.0188. The third-order valence-electron chi connectivity index (χ3n) is 2.75. The zero-order valence-corrected chi connectivity index (χ0v) is 11.7.